The summed E-state index contributed by atoms with van der Waals surface area (Å²) in [5.74, 6) is -0.0480. The fraction of sp³-hybridized carbons (Fsp3) is 0.211. The molecule has 0 N–H and O–H groups in total. The van der Waals surface area contributed by atoms with Gasteiger partial charge in [-0.2, -0.15) is 5.26 Å². The summed E-state index contributed by atoms with van der Waals surface area (Å²) in [7, 11) is 0. The van der Waals surface area contributed by atoms with Crippen LogP contribution in [0.2, 0.25) is 0 Å². The van der Waals surface area contributed by atoms with Gasteiger partial charge in [0, 0.05) is 31.1 Å². The topological polar surface area (TPSA) is 57.0 Å². The number of nitrogens with zero attached hydrogens (tertiary/aromatic N) is 3. The molecule has 1 amide bonds. The minimum absolute atomic E-state index is 0.0480. The molecule has 0 aliphatic carbocycles. The molecule has 1 aromatic carbocycles. The van der Waals surface area contributed by atoms with Crippen LogP contribution in [0.4, 0.5) is 0 Å². The molecule has 4 heteroatoms. The molecular formula is C19H19N3O. The first-order valence-corrected chi connectivity index (χ1v) is 7.48. The SMILES string of the molecule is CC(C)N(Cc1cccnc1)C(=O)C=Cc1ccc(C#N)cc1. The lowest BCUT2D eigenvalue weighted by molar-refractivity contribution is -0.128. The summed E-state index contributed by atoms with van der Waals surface area (Å²) in [4.78, 5) is 18.3. The van der Waals surface area contributed by atoms with Crippen LogP contribution in [0.15, 0.2) is 54.9 Å². The molecule has 2 aromatic rings. The highest BCUT2D eigenvalue weighted by Gasteiger charge is 2.14. The van der Waals surface area contributed by atoms with Gasteiger partial charge in [0.05, 0.1) is 11.6 Å². The van der Waals surface area contributed by atoms with Crippen LogP contribution in [0.3, 0.4) is 0 Å². The van der Waals surface area contributed by atoms with E-state index in [0.29, 0.717) is 12.1 Å². The maximum absolute atomic E-state index is 12.5. The Morgan fingerprint density at radius 2 is 2.04 bits per heavy atom. The summed E-state index contributed by atoms with van der Waals surface area (Å²) in [5.41, 5.74) is 2.50. The first-order valence-electron chi connectivity index (χ1n) is 7.48. The molecule has 0 atom stereocenters. The molecule has 0 aliphatic heterocycles. The Morgan fingerprint density at radius 3 is 2.61 bits per heavy atom. The fourth-order valence-electron chi connectivity index (χ4n) is 2.14. The number of carbonyl (C=O) groups is 1. The maximum atomic E-state index is 12.5. The highest BCUT2D eigenvalue weighted by molar-refractivity contribution is 5.92. The first-order chi connectivity index (χ1) is 11.1. The van der Waals surface area contributed by atoms with E-state index in [2.05, 4.69) is 11.1 Å². The van der Waals surface area contributed by atoms with E-state index >= 15 is 0 Å². The molecule has 2 rings (SSSR count). The van der Waals surface area contributed by atoms with E-state index in [4.69, 9.17) is 5.26 Å². The quantitative estimate of drug-likeness (QED) is 0.795. The number of hydrogen-bond acceptors (Lipinski definition) is 3. The number of benzene rings is 1. The Labute approximate surface area is 136 Å². The van der Waals surface area contributed by atoms with E-state index in [1.165, 1.54) is 0 Å². The van der Waals surface area contributed by atoms with Crippen LogP contribution in [-0.2, 0) is 11.3 Å². The van der Waals surface area contributed by atoms with Crippen molar-refractivity contribution in [3.8, 4) is 6.07 Å². The third kappa shape index (κ3) is 4.79. The molecule has 0 saturated heterocycles. The molecule has 23 heavy (non-hydrogen) atoms. The summed E-state index contributed by atoms with van der Waals surface area (Å²) in [6, 6.07) is 13.1. The summed E-state index contributed by atoms with van der Waals surface area (Å²) < 4.78 is 0. The summed E-state index contributed by atoms with van der Waals surface area (Å²) >= 11 is 0. The number of hydrogen-bond donors (Lipinski definition) is 0. The first kappa shape index (κ1) is 16.4. The van der Waals surface area contributed by atoms with Gasteiger partial charge in [0.2, 0.25) is 5.91 Å². The van der Waals surface area contributed by atoms with Crippen LogP contribution in [0, 0.1) is 11.3 Å². The lowest BCUT2D eigenvalue weighted by Gasteiger charge is -2.25. The molecule has 0 radical (unpaired) electrons. The van der Waals surface area contributed by atoms with Gasteiger partial charge in [-0.1, -0.05) is 18.2 Å². The average molecular weight is 305 g/mol. The second-order valence-electron chi connectivity index (χ2n) is 5.49. The second kappa shape index (κ2) is 7.90. The molecule has 116 valence electrons. The number of carbonyl (C=O) groups excluding carboxylic acids is 1. The van der Waals surface area contributed by atoms with Gasteiger partial charge in [-0.15, -0.1) is 0 Å². The number of nitriles is 1. The van der Waals surface area contributed by atoms with E-state index in [1.807, 2.05) is 38.1 Å². The molecule has 4 nitrogen and oxygen atoms in total. The Morgan fingerprint density at radius 1 is 1.30 bits per heavy atom. The highest BCUT2D eigenvalue weighted by atomic mass is 16.2. The monoisotopic (exact) mass is 305 g/mol. The van der Waals surface area contributed by atoms with Gasteiger partial charge in [0.15, 0.2) is 0 Å². The highest BCUT2D eigenvalue weighted by Crippen LogP contribution is 2.10. The van der Waals surface area contributed by atoms with Crippen LogP contribution < -0.4 is 0 Å². The minimum atomic E-state index is -0.0480. The van der Waals surface area contributed by atoms with Crippen molar-refractivity contribution in [1.29, 1.82) is 5.26 Å². The molecular weight excluding hydrogens is 286 g/mol. The van der Waals surface area contributed by atoms with Crippen LogP contribution in [-0.4, -0.2) is 21.8 Å². The van der Waals surface area contributed by atoms with Crippen molar-refractivity contribution in [2.24, 2.45) is 0 Å². The van der Waals surface area contributed by atoms with Gasteiger partial charge in [0.25, 0.3) is 0 Å². The molecule has 0 aliphatic rings. The third-order valence-corrected chi connectivity index (χ3v) is 3.44. The molecule has 0 unspecified atom stereocenters. The zero-order chi connectivity index (χ0) is 16.7. The molecule has 1 aromatic heterocycles. The largest absolute Gasteiger partial charge is 0.332 e. The number of amides is 1. The molecule has 0 spiro atoms. The standard InChI is InChI=1S/C19H19N3O/c1-15(2)22(14-18-4-3-11-21-13-18)19(23)10-9-16-5-7-17(12-20)8-6-16/h3-11,13,15H,14H2,1-2H3. The van der Waals surface area contributed by atoms with Gasteiger partial charge >= 0.3 is 0 Å². The van der Waals surface area contributed by atoms with Crippen molar-refractivity contribution in [2.75, 3.05) is 0 Å². The zero-order valence-corrected chi connectivity index (χ0v) is 13.3. The predicted octanol–water partition coefficient (Wildman–Crippen LogP) is 3.40. The van der Waals surface area contributed by atoms with Gasteiger partial charge in [-0.3, -0.25) is 9.78 Å². The van der Waals surface area contributed by atoms with Gasteiger partial charge < -0.3 is 4.90 Å². The normalized spacial score (nSPS) is 10.7. The molecule has 0 saturated carbocycles. The van der Waals surface area contributed by atoms with Crippen LogP contribution in [0.5, 0.6) is 0 Å². The Hall–Kier alpha value is -2.93. The van der Waals surface area contributed by atoms with Crippen molar-refractivity contribution in [3.05, 3.63) is 71.6 Å². The second-order valence-corrected chi connectivity index (χ2v) is 5.49. The number of rotatable bonds is 5. The van der Waals surface area contributed by atoms with E-state index in [9.17, 15) is 4.79 Å². The van der Waals surface area contributed by atoms with Gasteiger partial charge in [-0.05, 0) is 49.2 Å². The number of pyridine rings is 1. The third-order valence-electron chi connectivity index (χ3n) is 3.44. The van der Waals surface area contributed by atoms with Crippen molar-refractivity contribution in [1.82, 2.24) is 9.88 Å². The van der Waals surface area contributed by atoms with Crippen molar-refractivity contribution >= 4 is 12.0 Å². The molecule has 1 heterocycles. The Balaban J connectivity index is 2.08. The summed E-state index contributed by atoms with van der Waals surface area (Å²) in [5, 5.41) is 8.79. The average Bonchev–Trinajstić information content (AvgIpc) is 2.58. The number of aromatic nitrogens is 1. The van der Waals surface area contributed by atoms with Gasteiger partial charge in [-0.25, -0.2) is 0 Å². The fourth-order valence-corrected chi connectivity index (χ4v) is 2.14. The Kier molecular flexibility index (Phi) is 5.65. The summed E-state index contributed by atoms with van der Waals surface area (Å²) in [6.45, 7) is 4.51. The molecule has 0 bridgehead atoms. The van der Waals surface area contributed by atoms with Crippen molar-refractivity contribution < 1.29 is 4.79 Å². The van der Waals surface area contributed by atoms with Crippen LogP contribution in [0.25, 0.3) is 6.08 Å². The predicted molar refractivity (Wildman–Crippen MR) is 90.1 cm³/mol. The smallest absolute Gasteiger partial charge is 0.247 e. The van der Waals surface area contributed by atoms with Crippen molar-refractivity contribution in [3.63, 3.8) is 0 Å². The van der Waals surface area contributed by atoms with E-state index < -0.39 is 0 Å². The molecule has 0 fully saturated rings. The van der Waals surface area contributed by atoms with Crippen LogP contribution >= 0.6 is 0 Å². The lowest BCUT2D eigenvalue weighted by Crippen LogP contribution is -2.35. The summed E-state index contributed by atoms with van der Waals surface area (Å²) in [6.07, 6.45) is 6.82. The van der Waals surface area contributed by atoms with Crippen LogP contribution in [0.1, 0.15) is 30.5 Å². The maximum Gasteiger partial charge on any atom is 0.247 e. The van der Waals surface area contributed by atoms with E-state index in [0.717, 1.165) is 11.1 Å². The zero-order valence-electron chi connectivity index (χ0n) is 13.3. The Bertz CT molecular complexity index is 713. The van der Waals surface area contributed by atoms with Gasteiger partial charge in [0.1, 0.15) is 0 Å². The van der Waals surface area contributed by atoms with E-state index in [-0.39, 0.29) is 11.9 Å². The van der Waals surface area contributed by atoms with E-state index in [1.54, 1.807) is 41.6 Å². The van der Waals surface area contributed by atoms with Crippen molar-refractivity contribution in [2.45, 2.75) is 26.4 Å². The minimum Gasteiger partial charge on any atom is -0.332 e. The lowest BCUT2D eigenvalue weighted by atomic mass is 10.1.